The molecule has 35 heavy (non-hydrogen) atoms. The number of β-lactam (4-membered cyclic amide) rings is 1. The molecular formula is C28H38N2O4Si. The topological polar surface area (TPSA) is 59.1 Å². The second-order valence-corrected chi connectivity index (χ2v) is 16.0. The molecule has 2 aromatic carbocycles. The van der Waals surface area contributed by atoms with Crippen LogP contribution in [0, 0.1) is 0 Å². The number of rotatable bonds is 7. The lowest BCUT2D eigenvalue weighted by atomic mass is 9.85. The minimum atomic E-state index is -2.12. The molecule has 2 aliphatic heterocycles. The highest BCUT2D eigenvalue weighted by atomic mass is 28.4. The molecule has 4 rings (SSSR count). The van der Waals surface area contributed by atoms with Gasteiger partial charge in [-0.2, -0.15) is 0 Å². The fourth-order valence-electron chi connectivity index (χ4n) is 5.01. The zero-order chi connectivity index (χ0) is 25.5. The van der Waals surface area contributed by atoms with Crippen molar-refractivity contribution < 1.29 is 18.8 Å². The van der Waals surface area contributed by atoms with Crippen molar-refractivity contribution in [3.63, 3.8) is 0 Å². The first-order valence-electron chi connectivity index (χ1n) is 12.5. The van der Waals surface area contributed by atoms with Gasteiger partial charge in [-0.25, -0.2) is 4.79 Å². The number of likely N-dealkylation sites (tertiary alicyclic amines) is 1. The van der Waals surface area contributed by atoms with Gasteiger partial charge in [0, 0.05) is 0 Å². The van der Waals surface area contributed by atoms with Gasteiger partial charge >= 0.3 is 6.09 Å². The molecule has 0 radical (unpaired) electrons. The van der Waals surface area contributed by atoms with Gasteiger partial charge < -0.3 is 14.1 Å². The summed E-state index contributed by atoms with van der Waals surface area (Å²) < 4.78 is 12.3. The second-order valence-electron chi connectivity index (χ2n) is 11.3. The van der Waals surface area contributed by atoms with Gasteiger partial charge in [-0.15, -0.1) is 0 Å². The largest absolute Gasteiger partial charge is 0.447 e. The number of cyclic esters (lactones) is 1. The van der Waals surface area contributed by atoms with Crippen LogP contribution in [0.3, 0.4) is 0 Å². The van der Waals surface area contributed by atoms with Gasteiger partial charge in [0.05, 0.1) is 24.2 Å². The van der Waals surface area contributed by atoms with Gasteiger partial charge in [-0.3, -0.25) is 9.69 Å². The molecule has 2 heterocycles. The minimum absolute atomic E-state index is 0.0273. The zero-order valence-electron chi connectivity index (χ0n) is 21.9. The third kappa shape index (κ3) is 4.64. The normalized spacial score (nSPS) is 24.7. The van der Waals surface area contributed by atoms with E-state index in [1.54, 1.807) is 4.90 Å². The summed E-state index contributed by atoms with van der Waals surface area (Å²) in [6.07, 6.45) is -0.677. The second kappa shape index (κ2) is 9.43. The molecule has 0 aromatic heterocycles. The molecule has 0 unspecified atom stereocenters. The number of nitrogens with zero attached hydrogens (tertiary/aromatic N) is 2. The Hall–Kier alpha value is -2.64. The molecule has 0 bridgehead atoms. The van der Waals surface area contributed by atoms with E-state index in [0.717, 1.165) is 11.1 Å². The summed E-state index contributed by atoms with van der Waals surface area (Å²) >= 11 is 0. The van der Waals surface area contributed by atoms with E-state index >= 15 is 0 Å². The van der Waals surface area contributed by atoms with Crippen molar-refractivity contribution in [1.82, 2.24) is 9.80 Å². The number of hydrogen-bond acceptors (Lipinski definition) is 4. The third-order valence-corrected chi connectivity index (χ3v) is 12.6. The van der Waals surface area contributed by atoms with Crippen molar-refractivity contribution in [3.8, 4) is 0 Å². The van der Waals surface area contributed by atoms with Crippen molar-refractivity contribution in [1.29, 1.82) is 0 Å². The fourth-order valence-corrected chi connectivity index (χ4v) is 6.43. The first-order chi connectivity index (χ1) is 16.4. The SMILES string of the molecule is C[C@@H](O[Si](C)(C)C(C)(C)C)[C@H]1[C@@H](N2C(=O)OC[C@@H]2c2ccccc2)C(=O)N1[C@@H](C)c1ccccc1. The maximum Gasteiger partial charge on any atom is 0.411 e. The van der Waals surface area contributed by atoms with Gasteiger partial charge in [0.25, 0.3) is 0 Å². The predicted octanol–water partition coefficient (Wildman–Crippen LogP) is 5.93. The standard InChI is InChI=1S/C28H38N2O4Si/c1-19(21-14-10-8-11-15-21)29-24(20(2)34-35(6,7)28(3,4)5)25(26(29)31)30-23(18-33-27(30)32)22-16-12-9-13-17-22/h8-17,19-20,23-25H,18H2,1-7H3/t19-,20+,23+,24-,25+/m0/s1. The van der Waals surface area contributed by atoms with Gasteiger partial charge in [0.15, 0.2) is 8.32 Å². The molecule has 0 spiro atoms. The van der Waals surface area contributed by atoms with E-state index in [9.17, 15) is 9.59 Å². The molecule has 0 N–H and O–H groups in total. The van der Waals surface area contributed by atoms with Crippen LogP contribution < -0.4 is 0 Å². The number of benzene rings is 2. The lowest BCUT2D eigenvalue weighted by molar-refractivity contribution is -0.170. The Labute approximate surface area is 210 Å². The minimum Gasteiger partial charge on any atom is -0.447 e. The lowest BCUT2D eigenvalue weighted by Crippen LogP contribution is -2.75. The van der Waals surface area contributed by atoms with Gasteiger partial charge in [-0.05, 0) is 43.1 Å². The van der Waals surface area contributed by atoms with Crippen molar-refractivity contribution in [2.45, 2.75) is 83.0 Å². The number of hydrogen-bond donors (Lipinski definition) is 0. The maximum atomic E-state index is 13.8. The fraction of sp³-hybridized carbons (Fsp3) is 0.500. The first kappa shape index (κ1) is 25.4. The maximum absolute atomic E-state index is 13.8. The predicted molar refractivity (Wildman–Crippen MR) is 139 cm³/mol. The highest BCUT2D eigenvalue weighted by molar-refractivity contribution is 6.74. The molecule has 2 aromatic rings. The van der Waals surface area contributed by atoms with Crippen LogP contribution in [0.2, 0.25) is 18.1 Å². The molecular weight excluding hydrogens is 456 g/mol. The quantitative estimate of drug-likeness (QED) is 0.354. The van der Waals surface area contributed by atoms with E-state index in [1.165, 1.54) is 0 Å². The van der Waals surface area contributed by atoms with Crippen LogP contribution in [0.1, 0.15) is 57.8 Å². The van der Waals surface area contributed by atoms with Gasteiger partial charge in [-0.1, -0.05) is 81.4 Å². The summed E-state index contributed by atoms with van der Waals surface area (Å²) in [5, 5.41) is 0.0273. The summed E-state index contributed by atoms with van der Waals surface area (Å²) in [6, 6.07) is 18.5. The van der Waals surface area contributed by atoms with Crippen molar-refractivity contribution in [2.24, 2.45) is 0 Å². The van der Waals surface area contributed by atoms with Crippen molar-refractivity contribution >= 4 is 20.3 Å². The molecule has 2 amide bonds. The van der Waals surface area contributed by atoms with E-state index in [2.05, 4.69) is 33.9 Å². The molecule has 0 saturated carbocycles. The Morgan fingerprint density at radius 2 is 1.54 bits per heavy atom. The summed E-state index contributed by atoms with van der Waals surface area (Å²) in [4.78, 5) is 30.4. The molecule has 7 heteroatoms. The Morgan fingerprint density at radius 1 is 0.971 bits per heavy atom. The number of amides is 2. The van der Waals surface area contributed by atoms with Crippen LogP contribution in [0.15, 0.2) is 60.7 Å². The average Bonchev–Trinajstić information content (AvgIpc) is 3.18. The molecule has 188 valence electrons. The molecule has 2 aliphatic rings. The van der Waals surface area contributed by atoms with Crippen LogP contribution in [0.4, 0.5) is 4.79 Å². The van der Waals surface area contributed by atoms with Crippen LogP contribution in [-0.2, 0) is 14.0 Å². The van der Waals surface area contributed by atoms with E-state index in [1.807, 2.05) is 79.4 Å². The Kier molecular flexibility index (Phi) is 6.86. The first-order valence-corrected chi connectivity index (χ1v) is 15.4. The summed E-state index contributed by atoms with van der Waals surface area (Å²) in [5.41, 5.74) is 2.03. The Morgan fingerprint density at radius 3 is 2.11 bits per heavy atom. The zero-order valence-corrected chi connectivity index (χ0v) is 22.9. The van der Waals surface area contributed by atoms with Crippen LogP contribution >= 0.6 is 0 Å². The van der Waals surface area contributed by atoms with Gasteiger partial charge in [0.1, 0.15) is 12.6 Å². The lowest BCUT2D eigenvalue weighted by Gasteiger charge is -2.56. The monoisotopic (exact) mass is 494 g/mol. The number of carbonyl (C=O) groups is 2. The summed E-state index contributed by atoms with van der Waals surface area (Å²) in [5.74, 6) is -0.0585. The van der Waals surface area contributed by atoms with Crippen LogP contribution in [0.25, 0.3) is 0 Å². The number of ether oxygens (including phenoxy) is 1. The Balaban J connectivity index is 1.70. The smallest absolute Gasteiger partial charge is 0.411 e. The Bertz CT molecular complexity index is 1050. The van der Waals surface area contributed by atoms with Crippen LogP contribution in [0.5, 0.6) is 0 Å². The third-order valence-electron chi connectivity index (χ3n) is 8.01. The number of carbonyl (C=O) groups excluding carboxylic acids is 2. The van der Waals surface area contributed by atoms with Gasteiger partial charge in [0.2, 0.25) is 5.91 Å². The van der Waals surface area contributed by atoms with E-state index in [-0.39, 0.29) is 41.8 Å². The van der Waals surface area contributed by atoms with E-state index in [4.69, 9.17) is 9.16 Å². The van der Waals surface area contributed by atoms with E-state index < -0.39 is 20.5 Å². The van der Waals surface area contributed by atoms with E-state index in [0.29, 0.717) is 0 Å². The molecule has 6 nitrogen and oxygen atoms in total. The highest BCUT2D eigenvalue weighted by Crippen LogP contribution is 2.44. The van der Waals surface area contributed by atoms with Crippen LogP contribution in [-0.4, -0.2) is 54.9 Å². The molecule has 0 aliphatic carbocycles. The summed E-state index contributed by atoms with van der Waals surface area (Å²) in [6.45, 7) is 15.4. The summed E-state index contributed by atoms with van der Waals surface area (Å²) in [7, 11) is -2.12. The van der Waals surface area contributed by atoms with Crippen molar-refractivity contribution in [3.05, 3.63) is 71.8 Å². The van der Waals surface area contributed by atoms with Crippen molar-refractivity contribution in [2.75, 3.05) is 6.61 Å². The highest BCUT2D eigenvalue weighted by Gasteiger charge is 2.60. The molecule has 2 fully saturated rings. The molecule has 5 atom stereocenters. The molecule has 2 saturated heterocycles. The average molecular weight is 495 g/mol.